The molecule has 0 aromatic heterocycles. The average molecular weight is 326 g/mol. The molecular formula is C20H26N2O2. The van der Waals surface area contributed by atoms with Crippen molar-refractivity contribution in [2.45, 2.75) is 33.0 Å². The third kappa shape index (κ3) is 5.70. The van der Waals surface area contributed by atoms with Crippen LogP contribution in [0.4, 0.5) is 4.79 Å². The highest BCUT2D eigenvalue weighted by Gasteiger charge is 2.15. The Morgan fingerprint density at radius 2 is 1.75 bits per heavy atom. The maximum absolute atomic E-state index is 12.6. The Bertz CT molecular complexity index is 643. The topological polar surface area (TPSA) is 41.6 Å². The van der Waals surface area contributed by atoms with E-state index in [9.17, 15) is 4.79 Å². The minimum atomic E-state index is -0.0794. The number of urea groups is 1. The van der Waals surface area contributed by atoms with Crippen molar-refractivity contribution in [3.8, 4) is 0 Å². The highest BCUT2D eigenvalue weighted by atomic mass is 16.5. The van der Waals surface area contributed by atoms with Crippen molar-refractivity contribution < 1.29 is 9.53 Å². The van der Waals surface area contributed by atoms with E-state index < -0.39 is 0 Å². The fraction of sp³-hybridized carbons (Fsp3) is 0.350. The maximum Gasteiger partial charge on any atom is 0.318 e. The third-order valence-electron chi connectivity index (χ3n) is 3.90. The first kappa shape index (κ1) is 18.0. The Morgan fingerprint density at radius 3 is 2.42 bits per heavy atom. The van der Waals surface area contributed by atoms with E-state index in [-0.39, 0.29) is 12.1 Å². The van der Waals surface area contributed by atoms with Gasteiger partial charge in [0.15, 0.2) is 0 Å². The van der Waals surface area contributed by atoms with E-state index in [1.54, 1.807) is 7.11 Å². The Kier molecular flexibility index (Phi) is 6.82. The quantitative estimate of drug-likeness (QED) is 0.842. The SMILES string of the molecule is COC(C)CNC(=O)N(Cc1ccccc1)Cc1cccc(C)c1. The van der Waals surface area contributed by atoms with E-state index in [1.165, 1.54) is 5.56 Å². The van der Waals surface area contributed by atoms with E-state index in [0.29, 0.717) is 19.6 Å². The van der Waals surface area contributed by atoms with Gasteiger partial charge in [0.25, 0.3) is 0 Å². The van der Waals surface area contributed by atoms with Crippen LogP contribution in [0.25, 0.3) is 0 Å². The van der Waals surface area contributed by atoms with E-state index in [4.69, 9.17) is 4.74 Å². The molecule has 0 aliphatic rings. The molecular weight excluding hydrogens is 300 g/mol. The molecule has 0 heterocycles. The van der Waals surface area contributed by atoms with Crippen molar-refractivity contribution >= 4 is 6.03 Å². The Labute approximate surface area is 144 Å². The first-order valence-electron chi connectivity index (χ1n) is 8.23. The van der Waals surface area contributed by atoms with Crippen LogP contribution in [0.5, 0.6) is 0 Å². The van der Waals surface area contributed by atoms with Crippen molar-refractivity contribution in [1.29, 1.82) is 0 Å². The van der Waals surface area contributed by atoms with Crippen molar-refractivity contribution in [1.82, 2.24) is 10.2 Å². The summed E-state index contributed by atoms with van der Waals surface area (Å²) in [5.74, 6) is 0. The molecule has 4 heteroatoms. The lowest BCUT2D eigenvalue weighted by molar-refractivity contribution is 0.115. The van der Waals surface area contributed by atoms with Gasteiger partial charge < -0.3 is 15.0 Å². The third-order valence-corrected chi connectivity index (χ3v) is 3.90. The second-order valence-corrected chi connectivity index (χ2v) is 6.06. The molecule has 0 spiro atoms. The predicted octanol–water partition coefficient (Wildman–Crippen LogP) is 3.74. The van der Waals surface area contributed by atoms with Crippen LogP contribution in [-0.4, -0.2) is 30.7 Å². The number of carbonyl (C=O) groups is 1. The second-order valence-electron chi connectivity index (χ2n) is 6.06. The van der Waals surface area contributed by atoms with E-state index in [0.717, 1.165) is 11.1 Å². The summed E-state index contributed by atoms with van der Waals surface area (Å²) < 4.78 is 5.20. The number of benzene rings is 2. The fourth-order valence-electron chi connectivity index (χ4n) is 2.46. The molecule has 2 rings (SSSR count). The number of rotatable bonds is 7. The zero-order valence-electron chi connectivity index (χ0n) is 14.7. The molecule has 2 amide bonds. The molecule has 0 radical (unpaired) electrons. The summed E-state index contributed by atoms with van der Waals surface area (Å²) in [6, 6.07) is 18.2. The second kappa shape index (κ2) is 9.08. The molecule has 0 bridgehead atoms. The van der Waals surface area contributed by atoms with Gasteiger partial charge in [0.2, 0.25) is 0 Å². The van der Waals surface area contributed by atoms with E-state index in [2.05, 4.69) is 30.4 Å². The van der Waals surface area contributed by atoms with Crippen LogP contribution in [0.3, 0.4) is 0 Å². The summed E-state index contributed by atoms with van der Waals surface area (Å²) in [5, 5.41) is 2.95. The van der Waals surface area contributed by atoms with Gasteiger partial charge in [0, 0.05) is 26.7 Å². The lowest BCUT2D eigenvalue weighted by Gasteiger charge is -2.24. The molecule has 1 atom stereocenters. The number of nitrogens with one attached hydrogen (secondary N) is 1. The molecule has 24 heavy (non-hydrogen) atoms. The van der Waals surface area contributed by atoms with Gasteiger partial charge in [-0.05, 0) is 25.0 Å². The number of aryl methyl sites for hydroxylation is 1. The highest BCUT2D eigenvalue weighted by molar-refractivity contribution is 5.74. The van der Waals surface area contributed by atoms with Crippen LogP contribution >= 0.6 is 0 Å². The number of nitrogens with zero attached hydrogens (tertiary/aromatic N) is 1. The number of carbonyl (C=O) groups excluding carboxylic acids is 1. The van der Waals surface area contributed by atoms with Crippen molar-refractivity contribution in [2.75, 3.05) is 13.7 Å². The van der Waals surface area contributed by atoms with Gasteiger partial charge in [-0.1, -0.05) is 60.2 Å². The van der Waals surface area contributed by atoms with Crippen LogP contribution in [0.2, 0.25) is 0 Å². The van der Waals surface area contributed by atoms with Gasteiger partial charge in [-0.25, -0.2) is 4.79 Å². The first-order valence-corrected chi connectivity index (χ1v) is 8.23. The predicted molar refractivity (Wildman–Crippen MR) is 96.7 cm³/mol. The average Bonchev–Trinajstić information content (AvgIpc) is 2.59. The molecule has 1 unspecified atom stereocenters. The van der Waals surface area contributed by atoms with Gasteiger partial charge in [-0.3, -0.25) is 0 Å². The molecule has 2 aromatic carbocycles. The molecule has 0 aliphatic heterocycles. The minimum absolute atomic E-state index is 0.00787. The number of hydrogen-bond donors (Lipinski definition) is 1. The van der Waals surface area contributed by atoms with Crippen molar-refractivity contribution in [3.05, 3.63) is 71.3 Å². The number of methoxy groups -OCH3 is 1. The van der Waals surface area contributed by atoms with Gasteiger partial charge in [0.1, 0.15) is 0 Å². The van der Waals surface area contributed by atoms with Crippen LogP contribution in [0.1, 0.15) is 23.6 Å². The molecule has 0 saturated heterocycles. The fourth-order valence-corrected chi connectivity index (χ4v) is 2.46. The molecule has 1 N–H and O–H groups in total. The van der Waals surface area contributed by atoms with Gasteiger partial charge in [-0.15, -0.1) is 0 Å². The maximum atomic E-state index is 12.6. The largest absolute Gasteiger partial charge is 0.380 e. The van der Waals surface area contributed by atoms with Crippen LogP contribution in [-0.2, 0) is 17.8 Å². The lowest BCUT2D eigenvalue weighted by atomic mass is 10.1. The summed E-state index contributed by atoms with van der Waals surface area (Å²) in [4.78, 5) is 14.4. The smallest absolute Gasteiger partial charge is 0.318 e. The number of ether oxygens (including phenoxy) is 1. The molecule has 0 fully saturated rings. The summed E-state index contributed by atoms with van der Waals surface area (Å²) in [6.45, 7) is 5.63. The monoisotopic (exact) mass is 326 g/mol. The molecule has 2 aromatic rings. The standard InChI is InChI=1S/C20H26N2O2/c1-16-8-7-11-19(12-16)15-22(14-18-9-5-4-6-10-18)20(23)21-13-17(2)24-3/h4-12,17H,13-15H2,1-3H3,(H,21,23). The minimum Gasteiger partial charge on any atom is -0.380 e. The Balaban J connectivity index is 2.09. The molecule has 0 saturated carbocycles. The van der Waals surface area contributed by atoms with Crippen LogP contribution in [0.15, 0.2) is 54.6 Å². The van der Waals surface area contributed by atoms with Gasteiger partial charge in [-0.2, -0.15) is 0 Å². The van der Waals surface area contributed by atoms with Crippen molar-refractivity contribution in [2.24, 2.45) is 0 Å². The molecule has 128 valence electrons. The normalized spacial score (nSPS) is 11.8. The van der Waals surface area contributed by atoms with Crippen LogP contribution in [0, 0.1) is 6.92 Å². The van der Waals surface area contributed by atoms with Gasteiger partial charge >= 0.3 is 6.03 Å². The first-order chi connectivity index (χ1) is 11.6. The molecule has 4 nitrogen and oxygen atoms in total. The summed E-state index contributed by atoms with van der Waals surface area (Å²) in [5.41, 5.74) is 3.43. The van der Waals surface area contributed by atoms with E-state index >= 15 is 0 Å². The summed E-state index contributed by atoms with van der Waals surface area (Å²) >= 11 is 0. The number of amides is 2. The van der Waals surface area contributed by atoms with E-state index in [1.807, 2.05) is 48.2 Å². The van der Waals surface area contributed by atoms with Crippen molar-refractivity contribution in [3.63, 3.8) is 0 Å². The summed E-state index contributed by atoms with van der Waals surface area (Å²) in [6.07, 6.45) is -0.00787. The van der Waals surface area contributed by atoms with Gasteiger partial charge in [0.05, 0.1) is 6.10 Å². The Morgan fingerprint density at radius 1 is 1.08 bits per heavy atom. The van der Waals surface area contributed by atoms with Crippen LogP contribution < -0.4 is 5.32 Å². The summed E-state index contributed by atoms with van der Waals surface area (Å²) in [7, 11) is 1.64. The zero-order chi connectivity index (χ0) is 17.4. The zero-order valence-corrected chi connectivity index (χ0v) is 14.7. The Hall–Kier alpha value is -2.33. The number of hydrogen-bond acceptors (Lipinski definition) is 2. The lowest BCUT2D eigenvalue weighted by Crippen LogP contribution is -2.42. The highest BCUT2D eigenvalue weighted by Crippen LogP contribution is 2.12. The molecule has 0 aliphatic carbocycles.